The molecular formula is C14H23NO2. The van der Waals surface area contributed by atoms with Gasteiger partial charge in [0, 0.05) is 18.9 Å². The lowest BCUT2D eigenvalue weighted by atomic mass is 9.89. The average Bonchev–Trinajstić information content (AvgIpc) is 2.68. The van der Waals surface area contributed by atoms with Crippen molar-refractivity contribution >= 4 is 5.97 Å². The van der Waals surface area contributed by atoms with Gasteiger partial charge in [-0.05, 0) is 44.8 Å². The van der Waals surface area contributed by atoms with Gasteiger partial charge >= 0.3 is 5.97 Å². The van der Waals surface area contributed by atoms with Crippen LogP contribution in [0.4, 0.5) is 0 Å². The first-order valence-corrected chi connectivity index (χ1v) is 6.80. The highest BCUT2D eigenvalue weighted by Gasteiger charge is 2.34. The summed E-state index contributed by atoms with van der Waals surface area (Å²) in [6.07, 6.45) is 7.93. The highest BCUT2D eigenvalue weighted by molar-refractivity contribution is 5.70. The SMILES string of the molecule is CCCCC(=O)OC1=CCC2CCN(C)C2C1. The maximum absolute atomic E-state index is 11.6. The van der Waals surface area contributed by atoms with Crippen molar-refractivity contribution in [2.75, 3.05) is 13.6 Å². The molecule has 1 heterocycles. The van der Waals surface area contributed by atoms with E-state index >= 15 is 0 Å². The van der Waals surface area contributed by atoms with Gasteiger partial charge in [-0.25, -0.2) is 0 Å². The molecular weight excluding hydrogens is 214 g/mol. The van der Waals surface area contributed by atoms with E-state index in [2.05, 4.69) is 24.9 Å². The minimum absolute atomic E-state index is 0.0581. The van der Waals surface area contributed by atoms with Crippen LogP contribution >= 0.6 is 0 Å². The zero-order chi connectivity index (χ0) is 12.3. The third kappa shape index (κ3) is 3.09. The fourth-order valence-corrected chi connectivity index (χ4v) is 2.86. The number of carbonyl (C=O) groups excluding carboxylic acids is 1. The summed E-state index contributed by atoms with van der Waals surface area (Å²) >= 11 is 0. The van der Waals surface area contributed by atoms with Gasteiger partial charge in [-0.15, -0.1) is 0 Å². The Balaban J connectivity index is 1.84. The number of esters is 1. The van der Waals surface area contributed by atoms with Crippen molar-refractivity contribution in [3.05, 3.63) is 11.8 Å². The Morgan fingerprint density at radius 3 is 3.18 bits per heavy atom. The second kappa shape index (κ2) is 5.67. The highest BCUT2D eigenvalue weighted by atomic mass is 16.5. The van der Waals surface area contributed by atoms with Gasteiger partial charge in [0.2, 0.25) is 0 Å². The van der Waals surface area contributed by atoms with E-state index in [0.717, 1.165) is 37.4 Å². The van der Waals surface area contributed by atoms with E-state index in [1.807, 2.05) is 0 Å². The molecule has 0 radical (unpaired) electrons. The average molecular weight is 237 g/mol. The predicted molar refractivity (Wildman–Crippen MR) is 67.5 cm³/mol. The second-order valence-electron chi connectivity index (χ2n) is 5.28. The summed E-state index contributed by atoms with van der Waals surface area (Å²) in [6.45, 7) is 3.27. The van der Waals surface area contributed by atoms with E-state index in [1.54, 1.807) is 0 Å². The fourth-order valence-electron chi connectivity index (χ4n) is 2.86. The first kappa shape index (κ1) is 12.6. The second-order valence-corrected chi connectivity index (χ2v) is 5.28. The number of rotatable bonds is 4. The normalized spacial score (nSPS) is 28.7. The molecule has 0 amide bonds. The van der Waals surface area contributed by atoms with Gasteiger partial charge < -0.3 is 9.64 Å². The van der Waals surface area contributed by atoms with Crippen LogP contribution in [0.15, 0.2) is 11.8 Å². The van der Waals surface area contributed by atoms with E-state index in [9.17, 15) is 4.79 Å². The molecule has 2 unspecified atom stereocenters. The van der Waals surface area contributed by atoms with Crippen molar-refractivity contribution in [2.45, 2.75) is 51.5 Å². The summed E-state index contributed by atoms with van der Waals surface area (Å²) < 4.78 is 5.45. The van der Waals surface area contributed by atoms with Gasteiger partial charge in [0.05, 0.1) is 0 Å². The fraction of sp³-hybridized carbons (Fsp3) is 0.786. The Morgan fingerprint density at radius 2 is 2.41 bits per heavy atom. The molecule has 0 aromatic carbocycles. The van der Waals surface area contributed by atoms with E-state index in [0.29, 0.717) is 12.5 Å². The number of ether oxygens (including phenoxy) is 1. The predicted octanol–water partition coefficient (Wildman–Crippen LogP) is 2.72. The van der Waals surface area contributed by atoms with Crippen molar-refractivity contribution in [3.8, 4) is 0 Å². The molecule has 2 atom stereocenters. The summed E-state index contributed by atoms with van der Waals surface area (Å²) in [4.78, 5) is 14.0. The Labute approximate surface area is 104 Å². The third-order valence-electron chi connectivity index (χ3n) is 4.00. The Hall–Kier alpha value is -0.830. The number of allylic oxidation sites excluding steroid dienone is 1. The molecule has 96 valence electrons. The standard InChI is InChI=1S/C14H23NO2/c1-3-4-5-14(16)17-12-7-6-11-8-9-15(2)13(11)10-12/h7,11,13H,3-6,8-10H2,1-2H3. The van der Waals surface area contributed by atoms with E-state index < -0.39 is 0 Å². The summed E-state index contributed by atoms with van der Waals surface area (Å²) in [5.74, 6) is 1.62. The van der Waals surface area contributed by atoms with Crippen LogP contribution in [-0.4, -0.2) is 30.5 Å². The van der Waals surface area contributed by atoms with E-state index in [1.165, 1.54) is 13.0 Å². The lowest BCUT2D eigenvalue weighted by molar-refractivity contribution is -0.140. The molecule has 0 saturated carbocycles. The number of fused-ring (bicyclic) bond motifs is 1. The van der Waals surface area contributed by atoms with Crippen LogP contribution in [0.5, 0.6) is 0 Å². The van der Waals surface area contributed by atoms with Crippen LogP contribution in [0.2, 0.25) is 0 Å². The molecule has 3 nitrogen and oxygen atoms in total. The minimum atomic E-state index is -0.0581. The molecule has 17 heavy (non-hydrogen) atoms. The molecule has 1 fully saturated rings. The number of hydrogen-bond donors (Lipinski definition) is 0. The topological polar surface area (TPSA) is 29.5 Å². The lowest BCUT2D eigenvalue weighted by Gasteiger charge is -2.28. The molecule has 0 aromatic heterocycles. The monoisotopic (exact) mass is 237 g/mol. The van der Waals surface area contributed by atoms with Crippen LogP contribution in [0.1, 0.15) is 45.4 Å². The summed E-state index contributed by atoms with van der Waals surface area (Å²) in [5, 5.41) is 0. The number of carbonyl (C=O) groups is 1. The quantitative estimate of drug-likeness (QED) is 0.704. The maximum atomic E-state index is 11.6. The molecule has 0 N–H and O–H groups in total. The van der Waals surface area contributed by atoms with Gasteiger partial charge in [-0.2, -0.15) is 0 Å². The van der Waals surface area contributed by atoms with Crippen molar-refractivity contribution < 1.29 is 9.53 Å². The van der Waals surface area contributed by atoms with Crippen molar-refractivity contribution in [1.82, 2.24) is 4.90 Å². The Kier molecular flexibility index (Phi) is 4.21. The van der Waals surface area contributed by atoms with Gasteiger partial charge in [0.15, 0.2) is 0 Å². The summed E-state index contributed by atoms with van der Waals surface area (Å²) in [6, 6.07) is 0.592. The lowest BCUT2D eigenvalue weighted by Crippen LogP contribution is -2.32. The van der Waals surface area contributed by atoms with E-state index in [-0.39, 0.29) is 5.97 Å². The molecule has 0 bridgehead atoms. The van der Waals surface area contributed by atoms with E-state index in [4.69, 9.17) is 4.74 Å². The molecule has 2 aliphatic rings. The van der Waals surface area contributed by atoms with Crippen LogP contribution in [0.25, 0.3) is 0 Å². The number of likely N-dealkylation sites (tertiary alicyclic amines) is 1. The minimum Gasteiger partial charge on any atom is -0.431 e. The Morgan fingerprint density at radius 1 is 1.59 bits per heavy atom. The van der Waals surface area contributed by atoms with Gasteiger partial charge in [-0.1, -0.05) is 13.3 Å². The van der Waals surface area contributed by atoms with Crippen LogP contribution in [0, 0.1) is 5.92 Å². The molecule has 0 spiro atoms. The van der Waals surface area contributed by atoms with Crippen LogP contribution < -0.4 is 0 Å². The molecule has 2 rings (SSSR count). The molecule has 1 aliphatic heterocycles. The van der Waals surface area contributed by atoms with Crippen molar-refractivity contribution in [3.63, 3.8) is 0 Å². The molecule has 3 heteroatoms. The highest BCUT2D eigenvalue weighted by Crippen LogP contribution is 2.35. The third-order valence-corrected chi connectivity index (χ3v) is 4.00. The molecule has 1 aliphatic carbocycles. The number of unbranched alkanes of at least 4 members (excludes halogenated alkanes) is 1. The summed E-state index contributed by atoms with van der Waals surface area (Å²) in [5.41, 5.74) is 0. The molecule has 1 saturated heterocycles. The molecule has 0 aromatic rings. The largest absolute Gasteiger partial charge is 0.431 e. The van der Waals surface area contributed by atoms with Gasteiger partial charge in [0.25, 0.3) is 0 Å². The maximum Gasteiger partial charge on any atom is 0.310 e. The number of nitrogens with zero attached hydrogens (tertiary/aromatic N) is 1. The zero-order valence-corrected chi connectivity index (χ0v) is 10.9. The van der Waals surface area contributed by atoms with Gasteiger partial charge in [0.1, 0.15) is 5.76 Å². The summed E-state index contributed by atoms with van der Waals surface area (Å²) in [7, 11) is 2.17. The van der Waals surface area contributed by atoms with Crippen LogP contribution in [0.3, 0.4) is 0 Å². The zero-order valence-electron chi connectivity index (χ0n) is 10.9. The van der Waals surface area contributed by atoms with Crippen molar-refractivity contribution in [2.24, 2.45) is 5.92 Å². The number of hydrogen-bond acceptors (Lipinski definition) is 3. The van der Waals surface area contributed by atoms with Crippen molar-refractivity contribution in [1.29, 1.82) is 0 Å². The van der Waals surface area contributed by atoms with Gasteiger partial charge in [-0.3, -0.25) is 4.79 Å². The van der Waals surface area contributed by atoms with Crippen LogP contribution in [-0.2, 0) is 9.53 Å². The first-order valence-electron chi connectivity index (χ1n) is 6.80. The smallest absolute Gasteiger partial charge is 0.310 e. The Bertz CT molecular complexity index is 311. The first-order chi connectivity index (χ1) is 8.20.